The van der Waals surface area contributed by atoms with E-state index in [9.17, 15) is 9.59 Å². The van der Waals surface area contributed by atoms with Crippen LogP contribution in [-0.2, 0) is 9.59 Å². The summed E-state index contributed by atoms with van der Waals surface area (Å²) in [6.45, 7) is 0.220. The molecule has 0 bridgehead atoms. The fourth-order valence-corrected chi connectivity index (χ4v) is 2.00. The largest absolute Gasteiger partial charge is 0.369 e. The zero-order valence-corrected chi connectivity index (χ0v) is 9.63. The number of nitrogens with two attached hydrogens (primary N) is 1. The van der Waals surface area contributed by atoms with Crippen LogP contribution < -0.4 is 16.4 Å². The van der Waals surface area contributed by atoms with Gasteiger partial charge in [-0.1, -0.05) is 25.7 Å². The number of hydrogen-bond donors (Lipinski definition) is 3. The maximum atomic E-state index is 11.5. The lowest BCUT2D eigenvalue weighted by Gasteiger charge is -2.16. The van der Waals surface area contributed by atoms with Gasteiger partial charge in [0.05, 0.1) is 13.1 Å². The van der Waals surface area contributed by atoms with E-state index in [0.29, 0.717) is 6.04 Å². The smallest absolute Gasteiger partial charge is 0.234 e. The fourth-order valence-electron chi connectivity index (χ4n) is 2.00. The Morgan fingerprint density at radius 2 is 1.69 bits per heavy atom. The summed E-state index contributed by atoms with van der Waals surface area (Å²) in [7, 11) is 0. The molecule has 0 saturated heterocycles. The van der Waals surface area contributed by atoms with Crippen molar-refractivity contribution in [3.8, 4) is 0 Å². The summed E-state index contributed by atoms with van der Waals surface area (Å²) >= 11 is 0. The van der Waals surface area contributed by atoms with Crippen LogP contribution in [0, 0.1) is 0 Å². The molecule has 0 aromatic heterocycles. The SMILES string of the molecule is NC(=O)CNCC(=O)NC1CCCCCC1. The number of rotatable bonds is 5. The van der Waals surface area contributed by atoms with Gasteiger partial charge in [0, 0.05) is 6.04 Å². The Morgan fingerprint density at radius 3 is 2.25 bits per heavy atom. The summed E-state index contributed by atoms with van der Waals surface area (Å²) in [5.41, 5.74) is 4.95. The van der Waals surface area contributed by atoms with Crippen LogP contribution in [0.3, 0.4) is 0 Å². The third-order valence-corrected chi connectivity index (χ3v) is 2.81. The predicted octanol–water partition coefficient (Wildman–Crippen LogP) is -0.0997. The molecule has 5 heteroatoms. The zero-order valence-electron chi connectivity index (χ0n) is 9.63. The molecule has 92 valence electrons. The van der Waals surface area contributed by atoms with Gasteiger partial charge in [0.15, 0.2) is 0 Å². The molecule has 1 saturated carbocycles. The van der Waals surface area contributed by atoms with Crippen molar-refractivity contribution in [2.45, 2.75) is 44.6 Å². The van der Waals surface area contributed by atoms with Crippen LogP contribution in [0.4, 0.5) is 0 Å². The zero-order chi connectivity index (χ0) is 11.8. The maximum absolute atomic E-state index is 11.5. The van der Waals surface area contributed by atoms with Gasteiger partial charge >= 0.3 is 0 Å². The average molecular weight is 227 g/mol. The van der Waals surface area contributed by atoms with E-state index < -0.39 is 5.91 Å². The van der Waals surface area contributed by atoms with Crippen LogP contribution in [0.1, 0.15) is 38.5 Å². The van der Waals surface area contributed by atoms with Gasteiger partial charge in [0.2, 0.25) is 11.8 Å². The number of carbonyl (C=O) groups is 2. The summed E-state index contributed by atoms with van der Waals surface area (Å²) in [6.07, 6.45) is 7.07. The number of primary amides is 1. The van der Waals surface area contributed by atoms with E-state index in [1.165, 1.54) is 25.7 Å². The minimum atomic E-state index is -0.442. The molecule has 4 N–H and O–H groups in total. The van der Waals surface area contributed by atoms with Crippen LogP contribution in [0.25, 0.3) is 0 Å². The van der Waals surface area contributed by atoms with Crippen molar-refractivity contribution in [2.75, 3.05) is 13.1 Å². The lowest BCUT2D eigenvalue weighted by molar-refractivity contribution is -0.121. The molecule has 1 rings (SSSR count). The highest BCUT2D eigenvalue weighted by molar-refractivity contribution is 5.80. The number of nitrogens with one attached hydrogen (secondary N) is 2. The molecule has 1 aliphatic rings. The molecule has 16 heavy (non-hydrogen) atoms. The second kappa shape index (κ2) is 7.22. The minimum Gasteiger partial charge on any atom is -0.369 e. The molecular formula is C11H21N3O2. The third-order valence-electron chi connectivity index (χ3n) is 2.81. The molecule has 2 amide bonds. The van der Waals surface area contributed by atoms with Crippen LogP contribution in [0.5, 0.6) is 0 Å². The standard InChI is InChI=1S/C11H21N3O2/c12-10(15)7-13-8-11(16)14-9-5-3-1-2-4-6-9/h9,13H,1-8H2,(H2,12,15)(H,14,16). The Bertz CT molecular complexity index is 235. The van der Waals surface area contributed by atoms with E-state index in [4.69, 9.17) is 5.73 Å². The van der Waals surface area contributed by atoms with Crippen molar-refractivity contribution < 1.29 is 9.59 Å². The van der Waals surface area contributed by atoms with Crippen LogP contribution in [-0.4, -0.2) is 30.9 Å². The molecule has 0 aromatic carbocycles. The van der Waals surface area contributed by atoms with E-state index in [2.05, 4.69) is 10.6 Å². The molecule has 0 spiro atoms. The van der Waals surface area contributed by atoms with Crippen LogP contribution >= 0.6 is 0 Å². The Hall–Kier alpha value is -1.10. The first kappa shape index (κ1) is 13.0. The molecule has 0 aromatic rings. The van der Waals surface area contributed by atoms with Crippen molar-refractivity contribution in [2.24, 2.45) is 5.73 Å². The first-order valence-corrected chi connectivity index (χ1v) is 5.97. The highest BCUT2D eigenvalue weighted by Crippen LogP contribution is 2.16. The maximum Gasteiger partial charge on any atom is 0.234 e. The Balaban J connectivity index is 2.14. The molecule has 0 atom stereocenters. The molecule has 1 fully saturated rings. The Labute approximate surface area is 96.1 Å². The lowest BCUT2D eigenvalue weighted by atomic mass is 10.1. The summed E-state index contributed by atoms with van der Waals surface area (Å²) in [5.74, 6) is -0.490. The van der Waals surface area contributed by atoms with Gasteiger partial charge in [-0.2, -0.15) is 0 Å². The van der Waals surface area contributed by atoms with Gasteiger partial charge in [-0.25, -0.2) is 0 Å². The molecule has 1 aliphatic carbocycles. The number of hydrogen-bond acceptors (Lipinski definition) is 3. The van der Waals surface area contributed by atoms with E-state index >= 15 is 0 Å². The topological polar surface area (TPSA) is 84.2 Å². The molecule has 0 heterocycles. The van der Waals surface area contributed by atoms with Crippen molar-refractivity contribution in [3.63, 3.8) is 0 Å². The normalized spacial score (nSPS) is 17.8. The van der Waals surface area contributed by atoms with Crippen LogP contribution in [0.2, 0.25) is 0 Å². The number of amides is 2. The summed E-state index contributed by atoms with van der Waals surface area (Å²) in [4.78, 5) is 21.9. The van der Waals surface area contributed by atoms with Gasteiger partial charge in [-0.3, -0.25) is 14.9 Å². The summed E-state index contributed by atoms with van der Waals surface area (Å²) in [6, 6.07) is 0.311. The lowest BCUT2D eigenvalue weighted by Crippen LogP contribution is -2.42. The molecule has 0 radical (unpaired) electrons. The highest BCUT2D eigenvalue weighted by Gasteiger charge is 2.14. The molecule has 0 aliphatic heterocycles. The fraction of sp³-hybridized carbons (Fsp3) is 0.818. The number of carbonyl (C=O) groups excluding carboxylic acids is 2. The minimum absolute atomic E-state index is 0.0480. The van der Waals surface area contributed by atoms with Crippen molar-refractivity contribution in [1.29, 1.82) is 0 Å². The van der Waals surface area contributed by atoms with E-state index in [1.54, 1.807) is 0 Å². The summed E-state index contributed by atoms with van der Waals surface area (Å²) < 4.78 is 0. The van der Waals surface area contributed by atoms with E-state index in [-0.39, 0.29) is 19.0 Å². The van der Waals surface area contributed by atoms with Crippen molar-refractivity contribution in [1.82, 2.24) is 10.6 Å². The Kier molecular flexibility index (Phi) is 5.85. The van der Waals surface area contributed by atoms with Gasteiger partial charge in [-0.05, 0) is 12.8 Å². The first-order valence-electron chi connectivity index (χ1n) is 5.97. The van der Waals surface area contributed by atoms with Gasteiger partial charge in [0.1, 0.15) is 0 Å². The Morgan fingerprint density at radius 1 is 1.06 bits per heavy atom. The van der Waals surface area contributed by atoms with E-state index in [1.807, 2.05) is 0 Å². The first-order chi connectivity index (χ1) is 7.68. The van der Waals surface area contributed by atoms with Gasteiger partial charge in [-0.15, -0.1) is 0 Å². The highest BCUT2D eigenvalue weighted by atomic mass is 16.2. The predicted molar refractivity (Wildman–Crippen MR) is 61.7 cm³/mol. The quantitative estimate of drug-likeness (QED) is 0.573. The van der Waals surface area contributed by atoms with Crippen molar-refractivity contribution in [3.05, 3.63) is 0 Å². The molecule has 5 nitrogen and oxygen atoms in total. The van der Waals surface area contributed by atoms with Crippen molar-refractivity contribution >= 4 is 11.8 Å². The second-order valence-corrected chi connectivity index (χ2v) is 4.33. The molecule has 0 unspecified atom stereocenters. The third kappa shape index (κ3) is 5.70. The summed E-state index contributed by atoms with van der Waals surface area (Å²) in [5, 5.41) is 5.68. The average Bonchev–Trinajstić information content (AvgIpc) is 2.45. The van der Waals surface area contributed by atoms with Crippen LogP contribution in [0.15, 0.2) is 0 Å². The van der Waals surface area contributed by atoms with Gasteiger partial charge in [0.25, 0.3) is 0 Å². The monoisotopic (exact) mass is 227 g/mol. The van der Waals surface area contributed by atoms with E-state index in [0.717, 1.165) is 12.8 Å². The second-order valence-electron chi connectivity index (χ2n) is 4.33. The molecular weight excluding hydrogens is 206 g/mol. The van der Waals surface area contributed by atoms with Gasteiger partial charge < -0.3 is 11.1 Å².